The highest BCUT2D eigenvalue weighted by Crippen LogP contribution is 2.69. The third-order valence-electron chi connectivity index (χ3n) is 10.6. The van der Waals surface area contributed by atoms with Crippen LogP contribution < -0.4 is 0 Å². The van der Waals surface area contributed by atoms with Crippen molar-refractivity contribution >= 4 is 11.6 Å². The average molecular weight is 468 g/mol. The van der Waals surface area contributed by atoms with Crippen molar-refractivity contribution in [2.24, 2.45) is 57.2 Å². The van der Waals surface area contributed by atoms with Gasteiger partial charge in [0, 0.05) is 18.3 Å². The van der Waals surface area contributed by atoms with Crippen LogP contribution in [0.2, 0.25) is 0 Å². The highest BCUT2D eigenvalue weighted by atomic mass is 16.1. The number of allylic oxidation sites excluding steroid dienone is 2. The summed E-state index contributed by atoms with van der Waals surface area (Å²) < 4.78 is 0. The number of nitriles is 1. The Morgan fingerprint density at radius 3 is 2.18 bits per heavy atom. The maximum Gasteiger partial charge on any atom is 0.176 e. The number of Topliss-reactive ketones (excluding diaryl/α,β-unsaturated/α-hetero) is 2. The molecule has 3 nitrogen and oxygen atoms in total. The second kappa shape index (κ2) is 8.90. The molecule has 3 heteroatoms. The van der Waals surface area contributed by atoms with E-state index in [-0.39, 0.29) is 51.1 Å². The number of carbonyl (C=O) groups excluding carboxylic acids is 2. The molecule has 0 N–H and O–H groups in total. The van der Waals surface area contributed by atoms with E-state index >= 15 is 0 Å². The van der Waals surface area contributed by atoms with Crippen molar-refractivity contribution in [2.45, 2.75) is 108 Å². The molecular weight excluding hydrogens is 418 g/mol. The minimum atomic E-state index is -0.251. The summed E-state index contributed by atoms with van der Waals surface area (Å²) in [6.07, 6.45) is 8.13. The summed E-state index contributed by atoms with van der Waals surface area (Å²) >= 11 is 0. The van der Waals surface area contributed by atoms with Crippen LogP contribution in [0.1, 0.15) is 108 Å². The van der Waals surface area contributed by atoms with E-state index in [0.29, 0.717) is 29.6 Å². The van der Waals surface area contributed by atoms with Crippen molar-refractivity contribution in [1.29, 1.82) is 5.26 Å². The number of hydrogen-bond acceptors (Lipinski definition) is 3. The smallest absolute Gasteiger partial charge is 0.176 e. The van der Waals surface area contributed by atoms with Gasteiger partial charge in [0.15, 0.2) is 5.78 Å². The third kappa shape index (κ3) is 4.12. The van der Waals surface area contributed by atoms with E-state index in [1.807, 2.05) is 26.8 Å². The maximum atomic E-state index is 14.0. The number of fused-ring (bicyclic) bond motifs is 5. The van der Waals surface area contributed by atoms with Crippen LogP contribution in [0, 0.1) is 68.5 Å². The second-order valence-corrected chi connectivity index (χ2v) is 14.1. The van der Waals surface area contributed by atoms with Crippen LogP contribution in [0.5, 0.6) is 0 Å². The molecular formula is C31H49NO2. The molecule has 3 saturated carbocycles. The molecule has 0 amide bonds. The van der Waals surface area contributed by atoms with E-state index in [0.717, 1.165) is 25.7 Å². The highest BCUT2D eigenvalue weighted by molar-refractivity contribution is 6.01. The number of hydrogen-bond donors (Lipinski definition) is 0. The van der Waals surface area contributed by atoms with Gasteiger partial charge in [0.05, 0.1) is 5.57 Å². The summed E-state index contributed by atoms with van der Waals surface area (Å²) in [4.78, 5) is 26.7. The average Bonchev–Trinajstić information content (AvgIpc) is 2.74. The van der Waals surface area contributed by atoms with Gasteiger partial charge in [-0.05, 0) is 77.4 Å². The van der Waals surface area contributed by atoms with Gasteiger partial charge in [-0.25, -0.2) is 0 Å². The van der Waals surface area contributed by atoms with Crippen molar-refractivity contribution in [2.75, 3.05) is 0 Å². The van der Waals surface area contributed by atoms with Crippen LogP contribution >= 0.6 is 0 Å². The van der Waals surface area contributed by atoms with Gasteiger partial charge in [0.25, 0.3) is 0 Å². The summed E-state index contributed by atoms with van der Waals surface area (Å²) in [5.41, 5.74) is 0.556. The highest BCUT2D eigenvalue weighted by Gasteiger charge is 2.65. The maximum absolute atomic E-state index is 14.0. The Labute approximate surface area is 209 Å². The fourth-order valence-electron chi connectivity index (χ4n) is 8.96. The first-order valence-electron chi connectivity index (χ1n) is 13.9. The normalized spacial score (nSPS) is 43.3. The van der Waals surface area contributed by atoms with E-state index < -0.39 is 0 Å². The quantitative estimate of drug-likeness (QED) is 0.395. The largest absolute Gasteiger partial charge is 0.299 e. The molecule has 0 aromatic heterocycles. The molecule has 0 spiro atoms. The molecule has 3 fully saturated rings. The van der Waals surface area contributed by atoms with Crippen LogP contribution in [0.4, 0.5) is 0 Å². The van der Waals surface area contributed by atoms with Crippen LogP contribution in [0.25, 0.3) is 0 Å². The zero-order chi connectivity index (χ0) is 25.9. The SMILES string of the molecule is CC.CC1C(=O)C(C#N)=CC2(C)C1CCC1(C)C3CCC(C)(C)C(CC(C)(C)C)C3C(=O)CC21. The molecule has 0 saturated heterocycles. The molecule has 34 heavy (non-hydrogen) atoms. The van der Waals surface area contributed by atoms with Crippen molar-refractivity contribution in [3.05, 3.63) is 11.6 Å². The first kappa shape index (κ1) is 27.2. The summed E-state index contributed by atoms with van der Waals surface area (Å²) in [5, 5.41) is 9.68. The lowest BCUT2D eigenvalue weighted by Crippen LogP contribution is -2.62. The Morgan fingerprint density at radius 2 is 1.62 bits per heavy atom. The minimum absolute atomic E-state index is 0.00301. The zero-order valence-electron chi connectivity index (χ0n) is 23.5. The van der Waals surface area contributed by atoms with Crippen molar-refractivity contribution < 1.29 is 9.59 Å². The monoisotopic (exact) mass is 467 g/mol. The molecule has 0 bridgehead atoms. The summed E-state index contributed by atoms with van der Waals surface area (Å²) in [6, 6.07) is 2.19. The van der Waals surface area contributed by atoms with Crippen LogP contribution in [0.15, 0.2) is 11.6 Å². The summed E-state index contributed by atoms with van der Waals surface area (Å²) in [5.74, 6) is 1.78. The van der Waals surface area contributed by atoms with E-state index in [1.54, 1.807) is 0 Å². The molecule has 0 heterocycles. The Morgan fingerprint density at radius 1 is 1.03 bits per heavy atom. The fourth-order valence-corrected chi connectivity index (χ4v) is 8.96. The van der Waals surface area contributed by atoms with E-state index in [1.165, 1.54) is 6.42 Å². The lowest BCUT2D eigenvalue weighted by molar-refractivity contribution is -0.177. The number of ketones is 2. The second-order valence-electron chi connectivity index (χ2n) is 14.1. The van der Waals surface area contributed by atoms with Gasteiger partial charge in [-0.1, -0.05) is 75.3 Å². The van der Waals surface area contributed by atoms with E-state index in [2.05, 4.69) is 54.5 Å². The Balaban J connectivity index is 0.00000158. The molecule has 190 valence electrons. The van der Waals surface area contributed by atoms with Gasteiger partial charge in [-0.3, -0.25) is 9.59 Å². The zero-order valence-corrected chi connectivity index (χ0v) is 23.5. The molecule has 0 aliphatic heterocycles. The summed E-state index contributed by atoms with van der Waals surface area (Å²) in [6.45, 7) is 22.4. The predicted octanol–water partition coefficient (Wildman–Crippen LogP) is 7.80. The van der Waals surface area contributed by atoms with Gasteiger partial charge in [0.1, 0.15) is 11.9 Å². The molecule has 4 rings (SSSR count). The molecule has 4 aliphatic rings. The van der Waals surface area contributed by atoms with Gasteiger partial charge in [-0.2, -0.15) is 5.26 Å². The first-order chi connectivity index (χ1) is 15.7. The van der Waals surface area contributed by atoms with E-state index in [9.17, 15) is 14.9 Å². The van der Waals surface area contributed by atoms with Crippen LogP contribution in [0.3, 0.4) is 0 Å². The lowest BCUT2D eigenvalue weighted by Gasteiger charge is -2.66. The number of nitrogens with zero attached hydrogens (tertiary/aromatic N) is 1. The topological polar surface area (TPSA) is 57.9 Å². The predicted molar refractivity (Wildman–Crippen MR) is 139 cm³/mol. The van der Waals surface area contributed by atoms with Crippen molar-refractivity contribution in [3.63, 3.8) is 0 Å². The molecule has 0 aromatic rings. The van der Waals surface area contributed by atoms with Crippen LogP contribution in [-0.2, 0) is 9.59 Å². The van der Waals surface area contributed by atoms with Gasteiger partial charge >= 0.3 is 0 Å². The van der Waals surface area contributed by atoms with Crippen molar-refractivity contribution in [1.82, 2.24) is 0 Å². The standard InChI is InChI=1S/C29H43NO2.C2H6/c1-17-19-10-12-28(7)20-9-11-27(5,6)21(15-26(2,3)4)24(20)22(31)13-23(28)29(19,8)14-18(16-30)25(17)32;1-2/h14,17,19-21,23-24H,9-13,15H2,1-8H3;1-2H3. The molecule has 0 radical (unpaired) electrons. The fraction of sp³-hybridized carbons (Fsp3) is 0.839. The lowest BCUT2D eigenvalue weighted by atomic mass is 9.37. The van der Waals surface area contributed by atoms with Crippen LogP contribution in [-0.4, -0.2) is 11.6 Å². The van der Waals surface area contributed by atoms with Gasteiger partial charge in [0.2, 0.25) is 0 Å². The molecule has 8 atom stereocenters. The van der Waals surface area contributed by atoms with Gasteiger partial charge < -0.3 is 0 Å². The molecule has 8 unspecified atom stereocenters. The molecule has 0 aromatic carbocycles. The van der Waals surface area contributed by atoms with Gasteiger partial charge in [-0.15, -0.1) is 0 Å². The number of rotatable bonds is 1. The van der Waals surface area contributed by atoms with Crippen molar-refractivity contribution in [3.8, 4) is 6.07 Å². The Bertz CT molecular complexity index is 899. The van der Waals surface area contributed by atoms with E-state index in [4.69, 9.17) is 0 Å². The Hall–Kier alpha value is -1.43. The minimum Gasteiger partial charge on any atom is -0.299 e. The first-order valence-corrected chi connectivity index (χ1v) is 13.9. The summed E-state index contributed by atoms with van der Waals surface area (Å²) in [7, 11) is 0. The molecule has 4 aliphatic carbocycles. The third-order valence-corrected chi connectivity index (χ3v) is 10.6. The number of carbonyl (C=O) groups is 2. The Kier molecular flexibility index (Phi) is 7.11.